The van der Waals surface area contributed by atoms with E-state index in [9.17, 15) is 14.7 Å². The number of benzene rings is 2. The van der Waals surface area contributed by atoms with Gasteiger partial charge in [-0.1, -0.05) is 61.4 Å². The van der Waals surface area contributed by atoms with Crippen molar-refractivity contribution in [2.75, 3.05) is 27.2 Å². The predicted molar refractivity (Wildman–Crippen MR) is 148 cm³/mol. The number of likely N-dealkylation sites (N-methyl/N-ethyl adjacent to an activating group) is 1. The molecule has 3 unspecified atom stereocenters. The molecule has 3 aromatic rings. The second-order valence-electron chi connectivity index (χ2n) is 10.8. The summed E-state index contributed by atoms with van der Waals surface area (Å²) >= 11 is 0. The van der Waals surface area contributed by atoms with E-state index < -0.39 is 29.7 Å². The minimum Gasteiger partial charge on any atom is -0.488 e. The zero-order valence-corrected chi connectivity index (χ0v) is 23.3. The van der Waals surface area contributed by atoms with Gasteiger partial charge in [0, 0.05) is 5.92 Å². The van der Waals surface area contributed by atoms with Crippen LogP contribution in [0.3, 0.4) is 0 Å². The minimum absolute atomic E-state index is 0.128. The largest absolute Gasteiger partial charge is 0.488 e. The Hall–Kier alpha value is -3.77. The zero-order chi connectivity index (χ0) is 30.0. The first kappa shape index (κ1) is 31.8. The summed E-state index contributed by atoms with van der Waals surface area (Å²) < 4.78 is 12.8. The first-order chi connectivity index (χ1) is 19.4. The maximum atomic E-state index is 11.9. The number of aliphatic carboxylic acids is 2. The van der Waals surface area contributed by atoms with Gasteiger partial charge in [0.2, 0.25) is 5.89 Å². The van der Waals surface area contributed by atoms with Crippen molar-refractivity contribution in [2.45, 2.75) is 50.0 Å². The van der Waals surface area contributed by atoms with E-state index in [2.05, 4.69) is 19.1 Å². The number of nitrogens with zero attached hydrogens (tertiary/aromatic N) is 2. The van der Waals surface area contributed by atoms with Gasteiger partial charge in [0.25, 0.3) is 0 Å². The fourth-order valence-electron chi connectivity index (χ4n) is 4.82. The van der Waals surface area contributed by atoms with Crippen molar-refractivity contribution in [3.63, 3.8) is 0 Å². The van der Waals surface area contributed by atoms with E-state index in [0.29, 0.717) is 23.5 Å². The number of ether oxygens (including phenoxy) is 1. The van der Waals surface area contributed by atoms with E-state index in [-0.39, 0.29) is 5.92 Å². The van der Waals surface area contributed by atoms with Gasteiger partial charge in [-0.05, 0) is 30.5 Å². The third-order valence-corrected chi connectivity index (χ3v) is 7.14. The van der Waals surface area contributed by atoms with Crippen LogP contribution in [-0.2, 0) is 21.7 Å². The summed E-state index contributed by atoms with van der Waals surface area (Å²) in [7, 11) is 4.30. The number of hydrogen-bond acceptors (Lipinski definition) is 8. The molecule has 0 radical (unpaired) electrons. The summed E-state index contributed by atoms with van der Waals surface area (Å²) in [6, 6.07) is 19.7. The Morgan fingerprint density at radius 3 is 2.05 bits per heavy atom. The smallest absolute Gasteiger partial charge is 0.335 e. The van der Waals surface area contributed by atoms with Gasteiger partial charge in [-0.15, -0.1) is 0 Å². The molecule has 1 aliphatic rings. The molecule has 1 fully saturated rings. The summed E-state index contributed by atoms with van der Waals surface area (Å²) in [4.78, 5) is 24.1. The molecule has 2 aromatic carbocycles. The van der Waals surface area contributed by atoms with Gasteiger partial charge in [-0.2, -0.15) is 0 Å². The molecule has 0 bridgehead atoms. The van der Waals surface area contributed by atoms with Gasteiger partial charge in [0.15, 0.2) is 23.6 Å². The lowest BCUT2D eigenvalue weighted by atomic mass is 9.80. The lowest BCUT2D eigenvalue weighted by molar-refractivity contribution is -0.904. The molecule has 0 amide bonds. The van der Waals surface area contributed by atoms with Crippen LogP contribution in [0.15, 0.2) is 71.3 Å². The molecule has 222 valence electrons. The van der Waals surface area contributed by atoms with Crippen molar-refractivity contribution in [1.29, 1.82) is 0 Å². The second kappa shape index (κ2) is 14.2. The van der Waals surface area contributed by atoms with Crippen LogP contribution in [-0.4, -0.2) is 86.4 Å². The van der Waals surface area contributed by atoms with E-state index in [1.54, 1.807) is 6.20 Å². The van der Waals surface area contributed by atoms with Crippen molar-refractivity contribution < 1.29 is 48.8 Å². The predicted octanol–water partition coefficient (Wildman–Crippen LogP) is 2.63. The summed E-state index contributed by atoms with van der Waals surface area (Å²) in [5.74, 6) is -1.32. The Morgan fingerprint density at radius 2 is 1.51 bits per heavy atom. The molecule has 4 rings (SSSR count). The SMILES string of the molecule is C[N+](C)(CCOc1ccccc1)Cc1cnc(C(O)(c2ccccc2)C2CCCC2)o1.O=C(O)C(O)C(O)C(=O)O. The lowest BCUT2D eigenvalue weighted by Crippen LogP contribution is -2.41. The summed E-state index contributed by atoms with van der Waals surface area (Å²) in [6.07, 6.45) is 1.49. The first-order valence-corrected chi connectivity index (χ1v) is 13.5. The van der Waals surface area contributed by atoms with Crippen molar-refractivity contribution >= 4 is 11.9 Å². The molecule has 1 heterocycles. The molecular weight excluding hydrogens is 532 g/mol. The monoisotopic (exact) mass is 571 g/mol. The summed E-state index contributed by atoms with van der Waals surface area (Å²) in [5, 5.41) is 44.4. The molecule has 1 aromatic heterocycles. The van der Waals surface area contributed by atoms with Crippen LogP contribution in [0, 0.1) is 5.92 Å². The molecule has 41 heavy (non-hydrogen) atoms. The topological polar surface area (TPSA) is 171 Å². The second-order valence-corrected chi connectivity index (χ2v) is 10.8. The third-order valence-electron chi connectivity index (χ3n) is 7.14. The molecule has 1 saturated carbocycles. The number of hydrogen-bond donors (Lipinski definition) is 5. The van der Waals surface area contributed by atoms with Crippen LogP contribution in [0.5, 0.6) is 5.75 Å². The number of aliphatic hydroxyl groups excluding tert-OH is 2. The van der Waals surface area contributed by atoms with Crippen molar-refractivity contribution in [2.24, 2.45) is 5.92 Å². The number of carboxylic acids is 2. The van der Waals surface area contributed by atoms with Gasteiger partial charge >= 0.3 is 11.9 Å². The van der Waals surface area contributed by atoms with Crippen LogP contribution < -0.4 is 4.74 Å². The Morgan fingerprint density at radius 1 is 0.976 bits per heavy atom. The molecule has 0 aliphatic heterocycles. The van der Waals surface area contributed by atoms with Crippen LogP contribution in [0.25, 0.3) is 0 Å². The van der Waals surface area contributed by atoms with E-state index >= 15 is 0 Å². The summed E-state index contributed by atoms with van der Waals surface area (Å²) in [5.41, 5.74) is -0.316. The maximum absolute atomic E-state index is 11.9. The normalized spacial score (nSPS) is 16.6. The average Bonchev–Trinajstić information content (AvgIpc) is 3.66. The van der Waals surface area contributed by atoms with Crippen molar-refractivity contribution in [3.8, 4) is 5.75 Å². The number of para-hydroxylation sites is 1. The number of aliphatic hydroxyl groups is 3. The van der Waals surface area contributed by atoms with Gasteiger partial charge < -0.3 is 39.2 Å². The van der Waals surface area contributed by atoms with Gasteiger partial charge in [0.1, 0.15) is 25.4 Å². The molecule has 0 saturated heterocycles. The molecule has 0 spiro atoms. The van der Waals surface area contributed by atoms with E-state index in [0.717, 1.165) is 49.3 Å². The highest BCUT2D eigenvalue weighted by Gasteiger charge is 2.45. The number of carbonyl (C=O) groups is 2. The van der Waals surface area contributed by atoms with Crippen molar-refractivity contribution in [3.05, 3.63) is 84.1 Å². The zero-order valence-electron chi connectivity index (χ0n) is 23.3. The molecule has 11 nitrogen and oxygen atoms in total. The van der Waals surface area contributed by atoms with E-state index in [1.807, 2.05) is 60.7 Å². The van der Waals surface area contributed by atoms with Crippen LogP contribution in [0.2, 0.25) is 0 Å². The molecule has 1 aliphatic carbocycles. The number of quaternary nitrogens is 1. The minimum atomic E-state index is -2.27. The first-order valence-electron chi connectivity index (χ1n) is 13.5. The highest BCUT2D eigenvalue weighted by atomic mass is 16.5. The Balaban J connectivity index is 0.000000397. The summed E-state index contributed by atoms with van der Waals surface area (Å²) in [6.45, 7) is 2.13. The molecular formula is C30H39N2O9+. The van der Waals surface area contributed by atoms with Gasteiger partial charge in [-0.25, -0.2) is 14.6 Å². The number of rotatable bonds is 12. The van der Waals surface area contributed by atoms with E-state index in [4.69, 9.17) is 29.6 Å². The number of aromatic nitrogens is 1. The Bertz CT molecular complexity index is 1230. The fraction of sp³-hybridized carbons (Fsp3) is 0.433. The van der Waals surface area contributed by atoms with Gasteiger partial charge in [-0.3, -0.25) is 0 Å². The molecule has 3 atom stereocenters. The highest BCUT2D eigenvalue weighted by molar-refractivity contribution is 5.83. The van der Waals surface area contributed by atoms with Crippen LogP contribution in [0.4, 0.5) is 0 Å². The number of carboxylic acid groups (broad SMARTS) is 2. The third kappa shape index (κ3) is 8.61. The molecule has 5 N–H and O–H groups in total. The molecule has 11 heteroatoms. The maximum Gasteiger partial charge on any atom is 0.335 e. The van der Waals surface area contributed by atoms with E-state index in [1.165, 1.54) is 0 Å². The fourth-order valence-corrected chi connectivity index (χ4v) is 4.82. The van der Waals surface area contributed by atoms with Crippen molar-refractivity contribution in [1.82, 2.24) is 4.98 Å². The van der Waals surface area contributed by atoms with Gasteiger partial charge in [0.05, 0.1) is 20.3 Å². The standard InChI is InChI=1S/C26H33N2O3.C4H6O6/c1-28(2,17-18-30-23-15-7-4-8-16-23)20-24-19-27-25(31-24)26(29,22-13-9-10-14-22)21-11-5-3-6-12-21;5-1(3(7)8)2(6)4(9)10/h3-8,11-12,15-16,19,22,29H,9-10,13-14,17-18,20H2,1-2H3;1-2,5-6H,(H,7,8)(H,9,10)/q+1;. The van der Waals surface area contributed by atoms with Crippen LogP contribution >= 0.6 is 0 Å². The lowest BCUT2D eigenvalue weighted by Gasteiger charge is -2.32. The Kier molecular flexibility index (Phi) is 11.0. The Labute approximate surface area is 238 Å². The number of oxazole rings is 1. The highest BCUT2D eigenvalue weighted by Crippen LogP contribution is 2.44. The average molecular weight is 572 g/mol. The quantitative estimate of drug-likeness (QED) is 0.204. The van der Waals surface area contributed by atoms with Crippen LogP contribution in [0.1, 0.15) is 42.9 Å².